The predicted octanol–water partition coefficient (Wildman–Crippen LogP) is 1.33. The van der Waals surface area contributed by atoms with Crippen molar-refractivity contribution in [1.29, 1.82) is 0 Å². The molecule has 0 unspecified atom stereocenters. The maximum atomic E-state index is 11.9. The van der Waals surface area contributed by atoms with Crippen LogP contribution in [0.2, 0.25) is 0 Å². The molecular formula is C14H19N5O. The van der Waals surface area contributed by atoms with E-state index in [0.717, 1.165) is 23.5 Å². The lowest BCUT2D eigenvalue weighted by Gasteiger charge is -2.05. The lowest BCUT2D eigenvalue weighted by atomic mass is 10.2. The fourth-order valence-corrected chi connectivity index (χ4v) is 1.73. The van der Waals surface area contributed by atoms with Crippen LogP contribution in [0, 0.1) is 6.92 Å². The first-order valence-corrected chi connectivity index (χ1v) is 6.63. The summed E-state index contributed by atoms with van der Waals surface area (Å²) in [6, 6.07) is 7.68. The van der Waals surface area contributed by atoms with Gasteiger partial charge < -0.3 is 10.6 Å². The highest BCUT2D eigenvalue weighted by molar-refractivity contribution is 5.90. The summed E-state index contributed by atoms with van der Waals surface area (Å²) in [7, 11) is 0. The Morgan fingerprint density at radius 3 is 2.75 bits per heavy atom. The van der Waals surface area contributed by atoms with Gasteiger partial charge in [0.1, 0.15) is 6.54 Å². The number of amides is 1. The van der Waals surface area contributed by atoms with Gasteiger partial charge in [0.15, 0.2) is 0 Å². The van der Waals surface area contributed by atoms with Crippen molar-refractivity contribution in [2.45, 2.75) is 26.9 Å². The molecule has 0 fully saturated rings. The normalized spacial score (nSPS) is 10.5. The molecule has 2 aromatic rings. The van der Waals surface area contributed by atoms with Gasteiger partial charge in [-0.15, -0.1) is 5.10 Å². The third kappa shape index (κ3) is 4.17. The van der Waals surface area contributed by atoms with E-state index in [9.17, 15) is 4.79 Å². The molecule has 0 radical (unpaired) electrons. The fraction of sp³-hybridized carbons (Fsp3) is 0.357. The topological polar surface area (TPSA) is 71.8 Å². The minimum atomic E-state index is -0.117. The molecule has 6 heteroatoms. The Kier molecular flexibility index (Phi) is 4.84. The molecular weight excluding hydrogens is 254 g/mol. The number of hydrogen-bond donors (Lipinski definition) is 2. The summed E-state index contributed by atoms with van der Waals surface area (Å²) in [5.74, 6) is -0.117. The van der Waals surface area contributed by atoms with Gasteiger partial charge in [-0.1, -0.05) is 29.8 Å². The van der Waals surface area contributed by atoms with Crippen LogP contribution in [0.5, 0.6) is 0 Å². The number of hydrogen-bond acceptors (Lipinski definition) is 4. The van der Waals surface area contributed by atoms with Crippen molar-refractivity contribution in [2.24, 2.45) is 0 Å². The van der Waals surface area contributed by atoms with E-state index in [-0.39, 0.29) is 12.5 Å². The molecule has 1 heterocycles. The second-order valence-electron chi connectivity index (χ2n) is 4.60. The number of aryl methyl sites for hydroxylation is 1. The van der Waals surface area contributed by atoms with E-state index < -0.39 is 0 Å². The van der Waals surface area contributed by atoms with Gasteiger partial charge in [0.2, 0.25) is 5.91 Å². The molecule has 20 heavy (non-hydrogen) atoms. The van der Waals surface area contributed by atoms with Crippen LogP contribution in [-0.4, -0.2) is 27.4 Å². The van der Waals surface area contributed by atoms with Crippen LogP contribution in [0.15, 0.2) is 30.5 Å². The monoisotopic (exact) mass is 273 g/mol. The number of anilines is 1. The highest BCUT2D eigenvalue weighted by Gasteiger charge is 2.06. The molecule has 2 rings (SSSR count). The zero-order chi connectivity index (χ0) is 14.4. The van der Waals surface area contributed by atoms with E-state index in [0.29, 0.717) is 6.54 Å². The molecule has 106 valence electrons. The van der Waals surface area contributed by atoms with Gasteiger partial charge in [-0.3, -0.25) is 4.79 Å². The first kappa shape index (κ1) is 14.2. The average molecular weight is 273 g/mol. The molecule has 1 aromatic carbocycles. The number of aromatic nitrogens is 3. The van der Waals surface area contributed by atoms with E-state index in [4.69, 9.17) is 0 Å². The Bertz CT molecular complexity index is 561. The van der Waals surface area contributed by atoms with E-state index >= 15 is 0 Å². The summed E-state index contributed by atoms with van der Waals surface area (Å²) in [4.78, 5) is 11.9. The van der Waals surface area contributed by atoms with Crippen molar-refractivity contribution in [3.05, 3.63) is 41.7 Å². The van der Waals surface area contributed by atoms with E-state index in [1.54, 1.807) is 6.20 Å². The largest absolute Gasteiger partial charge is 0.324 e. The number of rotatable bonds is 6. The minimum absolute atomic E-state index is 0.117. The van der Waals surface area contributed by atoms with E-state index in [1.807, 2.05) is 38.1 Å². The van der Waals surface area contributed by atoms with Crippen molar-refractivity contribution < 1.29 is 4.79 Å². The Labute approximate surface area is 118 Å². The van der Waals surface area contributed by atoms with Gasteiger partial charge in [0.25, 0.3) is 0 Å². The number of benzene rings is 1. The summed E-state index contributed by atoms with van der Waals surface area (Å²) in [6.45, 7) is 5.73. The van der Waals surface area contributed by atoms with Crippen LogP contribution in [0.1, 0.15) is 18.2 Å². The zero-order valence-corrected chi connectivity index (χ0v) is 11.8. The smallest absolute Gasteiger partial charge is 0.246 e. The lowest BCUT2D eigenvalue weighted by molar-refractivity contribution is -0.116. The summed E-state index contributed by atoms with van der Waals surface area (Å²) >= 11 is 0. The summed E-state index contributed by atoms with van der Waals surface area (Å²) < 4.78 is 1.54. The third-order valence-electron chi connectivity index (χ3n) is 2.78. The molecule has 0 atom stereocenters. The molecule has 0 aliphatic carbocycles. The fourth-order valence-electron chi connectivity index (χ4n) is 1.73. The first-order valence-electron chi connectivity index (χ1n) is 6.63. The molecule has 0 bridgehead atoms. The average Bonchev–Trinajstić information content (AvgIpc) is 2.86. The maximum absolute atomic E-state index is 11.9. The predicted molar refractivity (Wildman–Crippen MR) is 77.2 cm³/mol. The van der Waals surface area contributed by atoms with Crippen molar-refractivity contribution in [3.63, 3.8) is 0 Å². The maximum Gasteiger partial charge on any atom is 0.246 e. The standard InChI is InChI=1S/C14H19N5O/c1-3-15-8-13-9-19(18-17-13)10-14(20)16-12-6-4-11(2)5-7-12/h4-7,9,15H,3,8,10H2,1-2H3,(H,16,20). The molecule has 1 aromatic heterocycles. The van der Waals surface area contributed by atoms with Crippen LogP contribution in [0.3, 0.4) is 0 Å². The summed E-state index contributed by atoms with van der Waals surface area (Å²) in [5.41, 5.74) is 2.77. The Morgan fingerprint density at radius 1 is 1.30 bits per heavy atom. The Balaban J connectivity index is 1.87. The van der Waals surface area contributed by atoms with Gasteiger partial charge in [-0.05, 0) is 25.6 Å². The van der Waals surface area contributed by atoms with Gasteiger partial charge in [-0.2, -0.15) is 0 Å². The number of nitrogens with zero attached hydrogens (tertiary/aromatic N) is 3. The molecule has 0 aliphatic rings. The number of carbonyl (C=O) groups excluding carboxylic acids is 1. The lowest BCUT2D eigenvalue weighted by Crippen LogP contribution is -2.19. The van der Waals surface area contributed by atoms with Gasteiger partial charge >= 0.3 is 0 Å². The molecule has 2 N–H and O–H groups in total. The van der Waals surface area contributed by atoms with Crippen molar-refractivity contribution in [1.82, 2.24) is 20.3 Å². The zero-order valence-electron chi connectivity index (χ0n) is 11.8. The van der Waals surface area contributed by atoms with E-state index in [2.05, 4.69) is 20.9 Å². The van der Waals surface area contributed by atoms with Crippen molar-refractivity contribution in [2.75, 3.05) is 11.9 Å². The Hall–Kier alpha value is -2.21. The highest BCUT2D eigenvalue weighted by atomic mass is 16.2. The van der Waals surface area contributed by atoms with Gasteiger partial charge in [-0.25, -0.2) is 4.68 Å². The Morgan fingerprint density at radius 2 is 2.05 bits per heavy atom. The molecule has 0 spiro atoms. The van der Waals surface area contributed by atoms with E-state index in [1.165, 1.54) is 4.68 Å². The molecule has 0 saturated carbocycles. The minimum Gasteiger partial charge on any atom is -0.324 e. The highest BCUT2D eigenvalue weighted by Crippen LogP contribution is 2.08. The van der Waals surface area contributed by atoms with Gasteiger partial charge in [0, 0.05) is 12.2 Å². The summed E-state index contributed by atoms with van der Waals surface area (Å²) in [5, 5.41) is 13.9. The van der Waals surface area contributed by atoms with Crippen LogP contribution in [-0.2, 0) is 17.9 Å². The summed E-state index contributed by atoms with van der Waals surface area (Å²) in [6.07, 6.45) is 1.78. The van der Waals surface area contributed by atoms with Crippen LogP contribution in [0.4, 0.5) is 5.69 Å². The van der Waals surface area contributed by atoms with Crippen LogP contribution < -0.4 is 10.6 Å². The second kappa shape index (κ2) is 6.81. The van der Waals surface area contributed by atoms with Crippen LogP contribution >= 0.6 is 0 Å². The molecule has 6 nitrogen and oxygen atoms in total. The molecule has 1 amide bonds. The third-order valence-corrected chi connectivity index (χ3v) is 2.78. The van der Waals surface area contributed by atoms with Crippen LogP contribution in [0.25, 0.3) is 0 Å². The molecule has 0 aliphatic heterocycles. The number of carbonyl (C=O) groups is 1. The van der Waals surface area contributed by atoms with Crippen molar-refractivity contribution >= 4 is 11.6 Å². The SMILES string of the molecule is CCNCc1cn(CC(=O)Nc2ccc(C)cc2)nn1. The van der Waals surface area contributed by atoms with Gasteiger partial charge in [0.05, 0.1) is 11.9 Å². The second-order valence-corrected chi connectivity index (χ2v) is 4.60. The van der Waals surface area contributed by atoms with Crippen molar-refractivity contribution in [3.8, 4) is 0 Å². The number of nitrogens with one attached hydrogen (secondary N) is 2. The quantitative estimate of drug-likeness (QED) is 0.833. The molecule has 0 saturated heterocycles. The first-order chi connectivity index (χ1) is 9.67.